The molecule has 2 aromatic carbocycles. The number of hydrogen-bond acceptors (Lipinski definition) is 4. The lowest BCUT2D eigenvalue weighted by atomic mass is 10.1. The van der Waals surface area contributed by atoms with Crippen LogP contribution >= 0.6 is 0 Å². The number of allylic oxidation sites excluding steroid dienone is 1. The van der Waals surface area contributed by atoms with Crippen molar-refractivity contribution < 1.29 is 23.4 Å². The number of carbonyl (C=O) groups excluding carboxylic acids is 1. The van der Waals surface area contributed by atoms with Gasteiger partial charge in [-0.3, -0.25) is 4.79 Å². The van der Waals surface area contributed by atoms with Crippen LogP contribution in [-0.4, -0.2) is 27.1 Å². The molecular weight excluding hydrogens is 299 g/mol. The Bertz CT molecular complexity index is 695. The first kappa shape index (κ1) is 16.5. The largest absolute Gasteiger partial charge is 0.496 e. The molecule has 0 aliphatic carbocycles. The van der Waals surface area contributed by atoms with Gasteiger partial charge in [-0.2, -0.15) is 0 Å². The van der Waals surface area contributed by atoms with Crippen molar-refractivity contribution in [1.82, 2.24) is 0 Å². The summed E-state index contributed by atoms with van der Waals surface area (Å²) in [4.78, 5) is 12.5. The summed E-state index contributed by atoms with van der Waals surface area (Å²) in [5.74, 6) is 0.625. The van der Waals surface area contributed by atoms with Gasteiger partial charge in [-0.15, -0.1) is 0 Å². The van der Waals surface area contributed by atoms with Gasteiger partial charge in [0.2, 0.25) is 0 Å². The zero-order valence-electron chi connectivity index (χ0n) is 13.1. The van der Waals surface area contributed by atoms with Crippen LogP contribution in [0.25, 0.3) is 6.08 Å². The van der Waals surface area contributed by atoms with E-state index in [0.717, 1.165) is 0 Å². The summed E-state index contributed by atoms with van der Waals surface area (Å²) >= 11 is 0. The minimum atomic E-state index is -0.327. The topological polar surface area (TPSA) is 44.8 Å². The van der Waals surface area contributed by atoms with Crippen molar-refractivity contribution in [2.75, 3.05) is 21.3 Å². The monoisotopic (exact) mass is 316 g/mol. The maximum atomic E-state index is 12.9. The lowest BCUT2D eigenvalue weighted by Crippen LogP contribution is -2.03. The molecule has 120 valence electrons. The standard InChI is InChI=1S/C18H17FO4/c1-21-14-10-16(22-2)18(17(11-14)23-3)15(20)9-6-12-4-7-13(19)8-5-12/h4-11H,1-3H3/b9-6-. The highest BCUT2D eigenvalue weighted by molar-refractivity contribution is 6.10. The number of methoxy groups -OCH3 is 3. The van der Waals surface area contributed by atoms with E-state index in [1.54, 1.807) is 30.3 Å². The van der Waals surface area contributed by atoms with E-state index in [0.29, 0.717) is 28.4 Å². The molecule has 0 fully saturated rings. The highest BCUT2D eigenvalue weighted by atomic mass is 19.1. The molecule has 2 rings (SSSR count). The van der Waals surface area contributed by atoms with Crippen molar-refractivity contribution in [3.63, 3.8) is 0 Å². The first-order valence-electron chi connectivity index (χ1n) is 6.87. The van der Waals surface area contributed by atoms with E-state index < -0.39 is 0 Å². The third kappa shape index (κ3) is 3.88. The molecule has 0 bridgehead atoms. The summed E-state index contributed by atoms with van der Waals surface area (Å²) in [6.45, 7) is 0. The van der Waals surface area contributed by atoms with Gasteiger partial charge in [-0.25, -0.2) is 4.39 Å². The molecule has 0 aromatic heterocycles. The lowest BCUT2D eigenvalue weighted by Gasteiger charge is -2.13. The van der Waals surface area contributed by atoms with Gasteiger partial charge in [0.15, 0.2) is 5.78 Å². The molecular formula is C18H17FO4. The molecule has 0 aliphatic heterocycles. The molecule has 0 heterocycles. The van der Waals surface area contributed by atoms with Crippen LogP contribution in [0.3, 0.4) is 0 Å². The highest BCUT2D eigenvalue weighted by Crippen LogP contribution is 2.34. The van der Waals surface area contributed by atoms with Crippen molar-refractivity contribution >= 4 is 11.9 Å². The Morgan fingerprint density at radius 1 is 0.957 bits per heavy atom. The summed E-state index contributed by atoms with van der Waals surface area (Å²) in [7, 11) is 4.45. The normalized spacial score (nSPS) is 10.6. The fourth-order valence-electron chi connectivity index (χ4n) is 2.08. The molecule has 0 saturated heterocycles. The Morgan fingerprint density at radius 3 is 2.00 bits per heavy atom. The second kappa shape index (κ2) is 7.45. The van der Waals surface area contributed by atoms with Crippen LogP contribution in [0.2, 0.25) is 0 Å². The second-order valence-corrected chi connectivity index (χ2v) is 4.66. The summed E-state index contributed by atoms with van der Waals surface area (Å²) in [6, 6.07) is 9.06. The van der Waals surface area contributed by atoms with E-state index in [1.807, 2.05) is 0 Å². The molecule has 0 amide bonds. The zero-order chi connectivity index (χ0) is 16.8. The van der Waals surface area contributed by atoms with E-state index in [2.05, 4.69) is 0 Å². The van der Waals surface area contributed by atoms with Crippen LogP contribution in [0.5, 0.6) is 17.2 Å². The van der Waals surface area contributed by atoms with Gasteiger partial charge in [0, 0.05) is 12.1 Å². The number of benzene rings is 2. The Hall–Kier alpha value is -2.82. The van der Waals surface area contributed by atoms with Crippen LogP contribution in [0.15, 0.2) is 42.5 Å². The van der Waals surface area contributed by atoms with E-state index in [1.165, 1.54) is 39.5 Å². The minimum Gasteiger partial charge on any atom is -0.496 e. The van der Waals surface area contributed by atoms with Crippen molar-refractivity contribution in [2.45, 2.75) is 0 Å². The third-order valence-corrected chi connectivity index (χ3v) is 3.26. The maximum Gasteiger partial charge on any atom is 0.193 e. The number of hydrogen-bond donors (Lipinski definition) is 0. The van der Waals surface area contributed by atoms with Crippen molar-refractivity contribution in [2.24, 2.45) is 0 Å². The average molecular weight is 316 g/mol. The Balaban J connectivity index is 2.36. The van der Waals surface area contributed by atoms with Gasteiger partial charge in [-0.05, 0) is 23.8 Å². The fourth-order valence-corrected chi connectivity index (χ4v) is 2.08. The fraction of sp³-hybridized carbons (Fsp3) is 0.167. The zero-order valence-corrected chi connectivity index (χ0v) is 13.1. The molecule has 5 heteroatoms. The minimum absolute atomic E-state index is 0.286. The maximum absolute atomic E-state index is 12.9. The average Bonchev–Trinajstić information content (AvgIpc) is 2.59. The SMILES string of the molecule is COc1cc(OC)c(C(=O)/C=C\c2ccc(F)cc2)c(OC)c1. The van der Waals surface area contributed by atoms with Crippen molar-refractivity contribution in [3.05, 3.63) is 59.4 Å². The van der Waals surface area contributed by atoms with Gasteiger partial charge in [-0.1, -0.05) is 18.2 Å². The number of rotatable bonds is 6. The second-order valence-electron chi connectivity index (χ2n) is 4.66. The molecule has 0 saturated carbocycles. The highest BCUT2D eigenvalue weighted by Gasteiger charge is 2.18. The summed E-state index contributed by atoms with van der Waals surface area (Å²) in [5, 5.41) is 0. The van der Waals surface area contributed by atoms with Crippen molar-refractivity contribution in [3.8, 4) is 17.2 Å². The van der Waals surface area contributed by atoms with Crippen LogP contribution in [0.1, 0.15) is 15.9 Å². The molecule has 4 nitrogen and oxygen atoms in total. The van der Waals surface area contributed by atoms with E-state index in [9.17, 15) is 9.18 Å². The summed E-state index contributed by atoms with van der Waals surface area (Å²) in [5.41, 5.74) is 1.01. The number of ketones is 1. The van der Waals surface area contributed by atoms with Crippen LogP contribution in [0.4, 0.5) is 4.39 Å². The molecule has 0 N–H and O–H groups in total. The molecule has 0 unspecified atom stereocenters. The lowest BCUT2D eigenvalue weighted by molar-refractivity contribution is 0.104. The molecule has 2 aromatic rings. The molecule has 0 spiro atoms. The van der Waals surface area contributed by atoms with Gasteiger partial charge in [0.05, 0.1) is 21.3 Å². The molecule has 0 radical (unpaired) electrons. The van der Waals surface area contributed by atoms with Crippen LogP contribution in [0, 0.1) is 5.82 Å². The molecule has 0 atom stereocenters. The quantitative estimate of drug-likeness (QED) is 0.601. The van der Waals surface area contributed by atoms with Crippen molar-refractivity contribution in [1.29, 1.82) is 0 Å². The number of halogens is 1. The smallest absolute Gasteiger partial charge is 0.193 e. The summed E-state index contributed by atoms with van der Waals surface area (Å²) in [6.07, 6.45) is 2.99. The van der Waals surface area contributed by atoms with Gasteiger partial charge < -0.3 is 14.2 Å². The first-order valence-corrected chi connectivity index (χ1v) is 6.87. The van der Waals surface area contributed by atoms with Crippen LogP contribution in [-0.2, 0) is 0 Å². The predicted octanol–water partition coefficient (Wildman–Crippen LogP) is 3.75. The third-order valence-electron chi connectivity index (χ3n) is 3.26. The molecule has 0 aliphatic rings. The first-order chi connectivity index (χ1) is 11.1. The Morgan fingerprint density at radius 2 is 1.52 bits per heavy atom. The Kier molecular flexibility index (Phi) is 5.36. The number of ether oxygens (including phenoxy) is 3. The van der Waals surface area contributed by atoms with E-state index in [4.69, 9.17) is 14.2 Å². The Labute approximate surface area is 134 Å². The predicted molar refractivity (Wildman–Crippen MR) is 85.9 cm³/mol. The van der Waals surface area contributed by atoms with Gasteiger partial charge >= 0.3 is 0 Å². The van der Waals surface area contributed by atoms with Crippen LogP contribution < -0.4 is 14.2 Å². The van der Waals surface area contributed by atoms with E-state index >= 15 is 0 Å². The summed E-state index contributed by atoms with van der Waals surface area (Å²) < 4.78 is 28.5. The number of carbonyl (C=O) groups is 1. The van der Waals surface area contributed by atoms with Gasteiger partial charge in [0.1, 0.15) is 28.6 Å². The van der Waals surface area contributed by atoms with Gasteiger partial charge in [0.25, 0.3) is 0 Å². The van der Waals surface area contributed by atoms with E-state index in [-0.39, 0.29) is 11.6 Å². The molecule has 23 heavy (non-hydrogen) atoms.